The van der Waals surface area contributed by atoms with Gasteiger partial charge in [0.15, 0.2) is 0 Å². The Kier molecular flexibility index (Phi) is 9.97. The van der Waals surface area contributed by atoms with E-state index in [0.717, 1.165) is 17.8 Å². The van der Waals surface area contributed by atoms with Crippen LogP contribution in [0.1, 0.15) is 72.4 Å². The van der Waals surface area contributed by atoms with Crippen LogP contribution in [0.15, 0.2) is 29.3 Å². The summed E-state index contributed by atoms with van der Waals surface area (Å²) in [7, 11) is -3.95. The maximum absolute atomic E-state index is 13.4. The predicted octanol–water partition coefficient (Wildman–Crippen LogP) is 4.77. The van der Waals surface area contributed by atoms with Crippen molar-refractivity contribution in [3.05, 3.63) is 29.4 Å². The van der Waals surface area contributed by atoms with Crippen LogP contribution in [-0.2, 0) is 19.5 Å². The minimum atomic E-state index is -3.95. The second-order valence-electron chi connectivity index (χ2n) is 11.0. The molecule has 0 bridgehead atoms. The highest BCUT2D eigenvalue weighted by Crippen LogP contribution is 2.37. The van der Waals surface area contributed by atoms with Crippen molar-refractivity contribution < 1.29 is 27.5 Å². The number of hydrogen-bond donors (Lipinski definition) is 4. The number of piperidine rings is 1. The van der Waals surface area contributed by atoms with E-state index in [0.29, 0.717) is 22.7 Å². The molecule has 11 nitrogen and oxygen atoms in total. The highest BCUT2D eigenvalue weighted by Gasteiger charge is 2.29. The minimum absolute atomic E-state index is 0.0255. The van der Waals surface area contributed by atoms with Gasteiger partial charge in [0, 0.05) is 35.6 Å². The molecule has 2 atom stereocenters. The van der Waals surface area contributed by atoms with Gasteiger partial charge in [0.25, 0.3) is 0 Å². The number of nitrogens with one attached hydrogen (secondary N) is 4. The van der Waals surface area contributed by atoms with Crippen molar-refractivity contribution in [3.8, 4) is 10.4 Å². The Labute approximate surface area is 234 Å². The van der Waals surface area contributed by atoms with E-state index in [1.807, 2.05) is 0 Å². The van der Waals surface area contributed by atoms with Gasteiger partial charge in [-0.15, -0.1) is 11.3 Å². The van der Waals surface area contributed by atoms with Crippen molar-refractivity contribution in [2.45, 2.75) is 96.0 Å². The summed E-state index contributed by atoms with van der Waals surface area (Å²) in [5.41, 5.74) is 0.0598. The largest absolute Gasteiger partial charge is 0.447 e. The topological polar surface area (TPSA) is 148 Å². The number of carbonyl (C=O) groups is 2. The highest BCUT2D eigenvalue weighted by atomic mass is 32.2. The number of aromatic nitrogens is 1. The summed E-state index contributed by atoms with van der Waals surface area (Å²) in [6, 6.07) is 4.65. The molecule has 0 radical (unpaired) electrons. The zero-order chi connectivity index (χ0) is 29.0. The van der Waals surface area contributed by atoms with Crippen LogP contribution in [0, 0.1) is 0 Å². The van der Waals surface area contributed by atoms with E-state index in [1.165, 1.54) is 17.4 Å². The third kappa shape index (κ3) is 9.16. The fourth-order valence-corrected chi connectivity index (χ4v) is 6.82. The quantitative estimate of drug-likeness (QED) is 0.348. The second kappa shape index (κ2) is 12.6. The van der Waals surface area contributed by atoms with Gasteiger partial charge in [-0.25, -0.2) is 27.7 Å². The SMILES string of the molecule is CC(C)OC(=O)Nc1ccc(-c2cnc([C@@H]3CCC(NC(=O)OC(C)C)CN3)s2)c(S(=O)(=O)NC(C)(C)C)c1. The molecule has 3 rings (SSSR count). The van der Waals surface area contributed by atoms with Crippen LogP contribution in [0.2, 0.25) is 0 Å². The Morgan fingerprint density at radius 3 is 2.33 bits per heavy atom. The molecule has 1 fully saturated rings. The van der Waals surface area contributed by atoms with Crippen LogP contribution >= 0.6 is 11.3 Å². The van der Waals surface area contributed by atoms with E-state index in [9.17, 15) is 18.0 Å². The van der Waals surface area contributed by atoms with Crippen molar-refractivity contribution in [1.29, 1.82) is 0 Å². The molecule has 2 aromatic rings. The predicted molar refractivity (Wildman–Crippen MR) is 151 cm³/mol. The number of sulfonamides is 1. The molecule has 13 heteroatoms. The maximum Gasteiger partial charge on any atom is 0.411 e. The standard InChI is InChI=1S/C26H39N5O6S2/c1-15(2)36-24(32)29-17-8-10-19(22(12-17)39(34,35)31-26(5,6)7)21-14-28-23(38-21)20-11-9-18(13-27-20)30-25(33)37-16(3)4/h8,10,12,14-16,18,20,27,31H,9,11,13H2,1-7H3,(H,29,32)(H,30,33)/t18?,20-/m0/s1. The lowest BCUT2D eigenvalue weighted by Crippen LogP contribution is -2.47. The van der Waals surface area contributed by atoms with Crippen molar-refractivity contribution in [2.75, 3.05) is 11.9 Å². The molecule has 1 unspecified atom stereocenters. The molecule has 0 saturated carbocycles. The zero-order valence-electron chi connectivity index (χ0n) is 23.5. The summed E-state index contributed by atoms with van der Waals surface area (Å²) >= 11 is 1.40. The first kappa shape index (κ1) is 30.8. The van der Waals surface area contributed by atoms with E-state index in [4.69, 9.17) is 9.47 Å². The van der Waals surface area contributed by atoms with Crippen molar-refractivity contribution in [3.63, 3.8) is 0 Å². The molecule has 39 heavy (non-hydrogen) atoms. The van der Waals surface area contributed by atoms with Gasteiger partial charge in [-0.3, -0.25) is 5.32 Å². The molecule has 0 spiro atoms. The molecule has 0 aliphatic carbocycles. The normalized spacial score (nSPS) is 18.2. The van der Waals surface area contributed by atoms with Crippen molar-refractivity contribution in [1.82, 2.24) is 20.3 Å². The Morgan fingerprint density at radius 1 is 1.08 bits per heavy atom. The summed E-state index contributed by atoms with van der Waals surface area (Å²) in [6.07, 6.45) is 1.56. The van der Waals surface area contributed by atoms with Gasteiger partial charge >= 0.3 is 12.2 Å². The smallest absolute Gasteiger partial charge is 0.411 e. The van der Waals surface area contributed by atoms with E-state index < -0.39 is 27.7 Å². The van der Waals surface area contributed by atoms with Crippen LogP contribution in [0.25, 0.3) is 10.4 Å². The third-order valence-corrected chi connectivity index (χ3v) is 8.41. The molecular weight excluding hydrogens is 542 g/mol. The number of benzene rings is 1. The van der Waals surface area contributed by atoms with Gasteiger partial charge in [-0.05, 0) is 73.4 Å². The van der Waals surface area contributed by atoms with Gasteiger partial charge in [-0.2, -0.15) is 0 Å². The number of hydrogen-bond acceptors (Lipinski definition) is 9. The molecule has 2 amide bonds. The summed E-state index contributed by atoms with van der Waals surface area (Å²) < 4.78 is 39.8. The van der Waals surface area contributed by atoms with E-state index in [-0.39, 0.29) is 29.2 Å². The summed E-state index contributed by atoms with van der Waals surface area (Å²) in [6.45, 7) is 12.9. The number of anilines is 1. The summed E-state index contributed by atoms with van der Waals surface area (Å²) in [5, 5.41) is 9.71. The van der Waals surface area contributed by atoms with Crippen LogP contribution in [0.5, 0.6) is 0 Å². The molecule has 1 aliphatic heterocycles. The Morgan fingerprint density at radius 2 is 1.74 bits per heavy atom. The molecular formula is C26H39N5O6S2. The molecule has 1 aliphatic rings. The van der Waals surface area contributed by atoms with Gasteiger partial charge in [-0.1, -0.05) is 6.07 Å². The number of nitrogens with zero attached hydrogens (tertiary/aromatic N) is 1. The Balaban J connectivity index is 1.82. The van der Waals surface area contributed by atoms with Crippen LogP contribution in [0.4, 0.5) is 15.3 Å². The molecule has 2 heterocycles. The number of amides is 2. The van der Waals surface area contributed by atoms with Gasteiger partial charge < -0.3 is 20.1 Å². The third-order valence-electron chi connectivity index (χ3n) is 5.47. The zero-order valence-corrected chi connectivity index (χ0v) is 25.1. The minimum Gasteiger partial charge on any atom is -0.447 e. The van der Waals surface area contributed by atoms with Crippen molar-refractivity contribution >= 4 is 39.2 Å². The average Bonchev–Trinajstić information content (AvgIpc) is 3.27. The lowest BCUT2D eigenvalue weighted by atomic mass is 10.0. The fraction of sp³-hybridized carbons (Fsp3) is 0.577. The van der Waals surface area contributed by atoms with Crippen LogP contribution in [-0.4, -0.2) is 55.9 Å². The number of rotatable bonds is 8. The van der Waals surface area contributed by atoms with E-state index >= 15 is 0 Å². The number of carbonyl (C=O) groups excluding carboxylic acids is 2. The van der Waals surface area contributed by atoms with Crippen molar-refractivity contribution in [2.24, 2.45) is 0 Å². The highest BCUT2D eigenvalue weighted by molar-refractivity contribution is 7.89. The van der Waals surface area contributed by atoms with Gasteiger partial charge in [0.2, 0.25) is 10.0 Å². The summed E-state index contributed by atoms with van der Waals surface area (Å²) in [5.74, 6) is 0. The van der Waals surface area contributed by atoms with Gasteiger partial charge in [0.1, 0.15) is 5.01 Å². The molecule has 1 aromatic carbocycles. The molecule has 4 N–H and O–H groups in total. The molecule has 216 valence electrons. The Bertz CT molecular complexity index is 1260. The van der Waals surface area contributed by atoms with E-state index in [2.05, 4.69) is 25.7 Å². The number of ether oxygens (including phenoxy) is 2. The molecule has 1 saturated heterocycles. The van der Waals surface area contributed by atoms with E-state index in [1.54, 1.807) is 66.8 Å². The molecule has 1 aromatic heterocycles. The van der Waals surface area contributed by atoms with Crippen LogP contribution in [0.3, 0.4) is 0 Å². The first-order valence-electron chi connectivity index (χ1n) is 12.9. The summed E-state index contributed by atoms with van der Waals surface area (Å²) in [4.78, 5) is 29.3. The number of thiazole rings is 1. The first-order valence-corrected chi connectivity index (χ1v) is 15.2. The number of alkyl carbamates (subject to hydrolysis) is 1. The van der Waals surface area contributed by atoms with Gasteiger partial charge in [0.05, 0.1) is 28.0 Å². The Hall–Kier alpha value is -2.74. The monoisotopic (exact) mass is 581 g/mol. The lowest BCUT2D eigenvalue weighted by molar-refractivity contribution is 0.110. The fourth-order valence-electron chi connectivity index (χ4n) is 4.02. The lowest BCUT2D eigenvalue weighted by Gasteiger charge is -2.29. The first-order chi connectivity index (χ1) is 18.1. The average molecular weight is 582 g/mol. The van der Waals surface area contributed by atoms with Crippen LogP contribution < -0.4 is 20.7 Å². The second-order valence-corrected chi connectivity index (χ2v) is 13.8. The maximum atomic E-state index is 13.4.